The summed E-state index contributed by atoms with van der Waals surface area (Å²) < 4.78 is 21.0. The van der Waals surface area contributed by atoms with Gasteiger partial charge in [-0.3, -0.25) is 14.5 Å². The molecule has 33 heavy (non-hydrogen) atoms. The lowest BCUT2D eigenvalue weighted by atomic mass is 10.0. The molecule has 4 aromatic rings. The third-order valence-corrected chi connectivity index (χ3v) is 6.86. The number of nitrogens with zero attached hydrogens (tertiary/aromatic N) is 4. The molecule has 1 aliphatic rings. The van der Waals surface area contributed by atoms with E-state index in [0.717, 1.165) is 15.9 Å². The van der Waals surface area contributed by atoms with E-state index >= 15 is 0 Å². The molecule has 10 heteroatoms. The van der Waals surface area contributed by atoms with Crippen LogP contribution in [0.4, 0.5) is 10.2 Å². The van der Waals surface area contributed by atoms with E-state index in [-0.39, 0.29) is 6.54 Å². The van der Waals surface area contributed by atoms with Gasteiger partial charge in [-0.1, -0.05) is 12.1 Å². The Morgan fingerprint density at radius 2 is 1.82 bits per heavy atom. The minimum absolute atomic E-state index is 0.367. The fraction of sp³-hybridized carbons (Fsp3) is 0.261. The van der Waals surface area contributed by atoms with Crippen LogP contribution < -0.4 is 4.90 Å². The highest BCUT2D eigenvalue weighted by atomic mass is 32.1. The van der Waals surface area contributed by atoms with Crippen LogP contribution in [0.15, 0.2) is 48.7 Å². The van der Waals surface area contributed by atoms with Crippen molar-refractivity contribution < 1.29 is 24.2 Å². The molecule has 0 radical (unpaired) electrons. The second-order valence-electron chi connectivity index (χ2n) is 8.03. The molecule has 0 unspecified atom stereocenters. The lowest BCUT2D eigenvalue weighted by Gasteiger charge is -2.38. The van der Waals surface area contributed by atoms with Crippen LogP contribution in [0.3, 0.4) is 0 Å². The first-order valence-corrected chi connectivity index (χ1v) is 11.3. The van der Waals surface area contributed by atoms with Gasteiger partial charge in [-0.15, -0.1) is 0 Å². The number of aliphatic carboxylic acids is 2. The zero-order chi connectivity index (χ0) is 23.1. The van der Waals surface area contributed by atoms with Crippen molar-refractivity contribution in [2.24, 2.45) is 0 Å². The van der Waals surface area contributed by atoms with Crippen LogP contribution in [0.25, 0.3) is 21.0 Å². The lowest BCUT2D eigenvalue weighted by Crippen LogP contribution is -2.49. The number of carboxylic acids is 2. The molecule has 1 fully saturated rings. The largest absolute Gasteiger partial charge is 0.480 e. The van der Waals surface area contributed by atoms with E-state index in [1.807, 2.05) is 29.2 Å². The van der Waals surface area contributed by atoms with Crippen molar-refractivity contribution >= 4 is 50.3 Å². The zero-order valence-corrected chi connectivity index (χ0v) is 18.3. The SMILES string of the molecule is O=C(O)Cn1cc([C@H](C(=O)O)N2CCN(c3nsc4ccccc34)CC2)c2ccc(F)cc21. The first-order chi connectivity index (χ1) is 15.9. The third-order valence-electron chi connectivity index (χ3n) is 6.05. The number of hydrogen-bond donors (Lipinski definition) is 2. The Kier molecular flexibility index (Phi) is 5.47. The van der Waals surface area contributed by atoms with Crippen LogP contribution in [0.2, 0.25) is 0 Å². The standard InChI is InChI=1S/C23H21FN4O4S/c24-14-5-6-15-17(12-28(13-20(29)30)18(15)11-14)21(23(31)32)26-7-9-27(10-8-26)22-16-3-1-2-4-19(16)33-25-22/h1-6,11-12,21H,7-10,13H2,(H,29,30)(H,31,32)/t21-/m1/s1. The van der Waals surface area contributed by atoms with E-state index in [1.165, 1.54) is 40.5 Å². The average Bonchev–Trinajstić information content (AvgIpc) is 3.36. The van der Waals surface area contributed by atoms with Gasteiger partial charge in [0.15, 0.2) is 0 Å². The number of carboxylic acid groups (broad SMARTS) is 2. The second kappa shape index (κ2) is 8.45. The molecule has 1 saturated heterocycles. The minimum Gasteiger partial charge on any atom is -0.480 e. The molecule has 3 heterocycles. The van der Waals surface area contributed by atoms with Crippen LogP contribution in [0.5, 0.6) is 0 Å². The van der Waals surface area contributed by atoms with Gasteiger partial charge in [-0.05, 0) is 41.9 Å². The topological polar surface area (TPSA) is 98.9 Å². The van der Waals surface area contributed by atoms with Gasteiger partial charge in [0, 0.05) is 48.7 Å². The van der Waals surface area contributed by atoms with E-state index in [9.17, 15) is 24.2 Å². The molecule has 0 saturated carbocycles. The molecule has 1 aliphatic heterocycles. The number of fused-ring (bicyclic) bond motifs is 2. The summed E-state index contributed by atoms with van der Waals surface area (Å²) in [4.78, 5) is 27.7. The highest BCUT2D eigenvalue weighted by Gasteiger charge is 2.33. The Bertz CT molecular complexity index is 1360. The maximum Gasteiger partial charge on any atom is 0.325 e. The summed E-state index contributed by atoms with van der Waals surface area (Å²) in [5, 5.41) is 21.0. The zero-order valence-electron chi connectivity index (χ0n) is 17.5. The normalized spacial score (nSPS) is 15.8. The predicted molar refractivity (Wildman–Crippen MR) is 123 cm³/mol. The molecule has 0 spiro atoms. The fourth-order valence-electron chi connectivity index (χ4n) is 4.57. The van der Waals surface area contributed by atoms with E-state index in [4.69, 9.17) is 0 Å². The summed E-state index contributed by atoms with van der Waals surface area (Å²) in [7, 11) is 0. The predicted octanol–water partition coefficient (Wildman–Crippen LogP) is 3.42. The molecule has 2 aromatic carbocycles. The van der Waals surface area contributed by atoms with E-state index in [0.29, 0.717) is 42.6 Å². The number of carbonyl (C=O) groups is 2. The fourth-order valence-corrected chi connectivity index (χ4v) is 5.36. The number of halogens is 1. The molecular weight excluding hydrogens is 447 g/mol. The molecule has 5 rings (SSSR count). The van der Waals surface area contributed by atoms with Crippen molar-refractivity contribution in [1.29, 1.82) is 0 Å². The highest BCUT2D eigenvalue weighted by Crippen LogP contribution is 2.34. The molecule has 0 amide bonds. The van der Waals surface area contributed by atoms with E-state index in [2.05, 4.69) is 9.27 Å². The third kappa shape index (κ3) is 3.91. The highest BCUT2D eigenvalue weighted by molar-refractivity contribution is 7.13. The molecule has 1 atom stereocenters. The van der Waals surface area contributed by atoms with Gasteiger partial charge in [0.25, 0.3) is 0 Å². The van der Waals surface area contributed by atoms with E-state index in [1.54, 1.807) is 0 Å². The summed E-state index contributed by atoms with van der Waals surface area (Å²) in [6.07, 6.45) is 1.53. The Balaban J connectivity index is 1.44. The van der Waals surface area contributed by atoms with Crippen LogP contribution in [0.1, 0.15) is 11.6 Å². The average molecular weight is 469 g/mol. The Morgan fingerprint density at radius 1 is 1.06 bits per heavy atom. The van der Waals surface area contributed by atoms with Crippen molar-refractivity contribution in [1.82, 2.24) is 13.8 Å². The molecule has 170 valence electrons. The summed E-state index contributed by atoms with van der Waals surface area (Å²) in [6.45, 7) is 1.84. The summed E-state index contributed by atoms with van der Waals surface area (Å²) in [6, 6.07) is 11.1. The van der Waals surface area contributed by atoms with Crippen molar-refractivity contribution in [3.05, 3.63) is 60.0 Å². The number of rotatable bonds is 6. The quantitative estimate of drug-likeness (QED) is 0.447. The number of piperazine rings is 1. The molecule has 8 nitrogen and oxygen atoms in total. The van der Waals surface area contributed by atoms with Crippen LogP contribution in [-0.2, 0) is 16.1 Å². The van der Waals surface area contributed by atoms with Gasteiger partial charge >= 0.3 is 11.9 Å². The van der Waals surface area contributed by atoms with Crippen molar-refractivity contribution in [2.75, 3.05) is 31.1 Å². The number of anilines is 1. The van der Waals surface area contributed by atoms with Crippen LogP contribution in [-0.4, -0.2) is 62.2 Å². The van der Waals surface area contributed by atoms with Crippen LogP contribution in [0, 0.1) is 5.82 Å². The van der Waals surface area contributed by atoms with Crippen molar-refractivity contribution in [2.45, 2.75) is 12.6 Å². The van der Waals surface area contributed by atoms with Gasteiger partial charge in [-0.2, -0.15) is 4.37 Å². The van der Waals surface area contributed by atoms with Gasteiger partial charge in [-0.25, -0.2) is 4.39 Å². The maximum absolute atomic E-state index is 13.9. The summed E-state index contributed by atoms with van der Waals surface area (Å²) >= 11 is 1.45. The maximum atomic E-state index is 13.9. The molecule has 0 aliphatic carbocycles. The van der Waals surface area contributed by atoms with Gasteiger partial charge in [0.2, 0.25) is 0 Å². The molecule has 0 bridgehead atoms. The van der Waals surface area contributed by atoms with Gasteiger partial charge in [0.1, 0.15) is 24.2 Å². The Hall–Kier alpha value is -3.50. The lowest BCUT2D eigenvalue weighted by molar-refractivity contribution is -0.143. The van der Waals surface area contributed by atoms with E-state index < -0.39 is 23.8 Å². The van der Waals surface area contributed by atoms with Crippen molar-refractivity contribution in [3.63, 3.8) is 0 Å². The molecule has 2 aromatic heterocycles. The van der Waals surface area contributed by atoms with Gasteiger partial charge < -0.3 is 19.7 Å². The van der Waals surface area contributed by atoms with Crippen LogP contribution >= 0.6 is 11.5 Å². The van der Waals surface area contributed by atoms with Crippen molar-refractivity contribution in [3.8, 4) is 0 Å². The van der Waals surface area contributed by atoms with Gasteiger partial charge in [0.05, 0.1) is 10.2 Å². The number of aromatic nitrogens is 2. The second-order valence-corrected chi connectivity index (χ2v) is 8.84. The minimum atomic E-state index is -1.08. The Morgan fingerprint density at radius 3 is 2.55 bits per heavy atom. The number of hydrogen-bond acceptors (Lipinski definition) is 6. The molecular formula is C23H21FN4O4S. The first kappa shape index (κ1) is 21.4. The Labute approximate surface area is 192 Å². The summed E-state index contributed by atoms with van der Waals surface area (Å²) in [5.74, 6) is -1.70. The summed E-state index contributed by atoms with van der Waals surface area (Å²) in [5.41, 5.74) is 0.831. The molecule has 2 N–H and O–H groups in total. The first-order valence-electron chi connectivity index (χ1n) is 10.5. The number of benzene rings is 2. The smallest absolute Gasteiger partial charge is 0.325 e. The monoisotopic (exact) mass is 468 g/mol.